The van der Waals surface area contributed by atoms with Gasteiger partial charge in [0.05, 0.1) is 23.9 Å². The fourth-order valence-electron chi connectivity index (χ4n) is 2.02. The van der Waals surface area contributed by atoms with Gasteiger partial charge in [-0.3, -0.25) is 0 Å². The summed E-state index contributed by atoms with van der Waals surface area (Å²) in [5.41, 5.74) is 8.74. The minimum absolute atomic E-state index is 0.491. The van der Waals surface area contributed by atoms with Crippen molar-refractivity contribution in [2.75, 3.05) is 12.3 Å². The number of nitrogens with zero attached hydrogens (tertiary/aromatic N) is 2. The fourth-order valence-corrected chi connectivity index (χ4v) is 2.52. The first-order valence-electron chi connectivity index (χ1n) is 5.83. The maximum atomic E-state index is 5.99. The van der Waals surface area contributed by atoms with Crippen LogP contribution in [0.4, 0.5) is 5.82 Å². The van der Waals surface area contributed by atoms with E-state index in [4.69, 9.17) is 22.1 Å². The summed E-state index contributed by atoms with van der Waals surface area (Å²) in [5.74, 6) is 1.11. The van der Waals surface area contributed by atoms with Crippen molar-refractivity contribution in [3.63, 3.8) is 0 Å². The number of fused-ring (bicyclic) bond motifs is 1. The van der Waals surface area contributed by atoms with Crippen LogP contribution in [0.5, 0.6) is 0 Å². The third-order valence-electron chi connectivity index (χ3n) is 3.03. The van der Waals surface area contributed by atoms with Gasteiger partial charge in [-0.05, 0) is 34.1 Å². The van der Waals surface area contributed by atoms with E-state index in [1.54, 1.807) is 0 Å². The van der Waals surface area contributed by atoms with Crippen LogP contribution in [0.2, 0.25) is 5.02 Å². The van der Waals surface area contributed by atoms with Crippen LogP contribution >= 0.6 is 27.5 Å². The Morgan fingerprint density at radius 3 is 2.95 bits per heavy atom. The van der Waals surface area contributed by atoms with E-state index in [0.29, 0.717) is 29.9 Å². The number of benzene rings is 1. The van der Waals surface area contributed by atoms with Gasteiger partial charge >= 0.3 is 0 Å². The summed E-state index contributed by atoms with van der Waals surface area (Å²) in [6.07, 6.45) is 0.768. The highest BCUT2D eigenvalue weighted by molar-refractivity contribution is 9.10. The molecule has 0 atom stereocenters. The molecule has 2 aromatic rings. The highest BCUT2D eigenvalue weighted by Crippen LogP contribution is 2.29. The lowest BCUT2D eigenvalue weighted by molar-refractivity contribution is 0.109. The summed E-state index contributed by atoms with van der Waals surface area (Å²) in [6.45, 7) is 1.17. The average Bonchev–Trinajstić information content (AvgIpc) is 2.42. The minimum atomic E-state index is 0.491. The molecule has 6 heteroatoms. The Morgan fingerprint density at radius 2 is 2.16 bits per heavy atom. The number of halogens is 2. The monoisotopic (exact) mass is 339 g/mol. The second-order valence-corrected chi connectivity index (χ2v) is 5.55. The Kier molecular flexibility index (Phi) is 3.43. The largest absolute Gasteiger partial charge is 0.383 e. The summed E-state index contributed by atoms with van der Waals surface area (Å²) in [6, 6.07) is 5.58. The van der Waals surface area contributed by atoms with Crippen LogP contribution in [-0.2, 0) is 17.8 Å². The first-order valence-corrected chi connectivity index (χ1v) is 7.00. The molecule has 1 aromatic carbocycles. The van der Waals surface area contributed by atoms with Crippen molar-refractivity contribution in [1.82, 2.24) is 9.97 Å². The topological polar surface area (TPSA) is 61.0 Å². The molecule has 19 heavy (non-hydrogen) atoms. The smallest absolute Gasteiger partial charge is 0.161 e. The summed E-state index contributed by atoms with van der Waals surface area (Å²) < 4.78 is 6.19. The normalized spacial score (nSPS) is 14.2. The quantitative estimate of drug-likeness (QED) is 0.866. The molecular weight excluding hydrogens is 330 g/mol. The van der Waals surface area contributed by atoms with Gasteiger partial charge in [0, 0.05) is 22.0 Å². The second kappa shape index (κ2) is 5.07. The standard InChI is InChI=1S/C13H11BrClN3O/c14-9-5-7(1-2-10(9)15)13-17-11-3-4-19-6-8(11)12(16)18-13/h1-2,5H,3-4,6H2,(H2,16,17,18). The lowest BCUT2D eigenvalue weighted by atomic mass is 10.1. The Balaban J connectivity index is 2.10. The van der Waals surface area contributed by atoms with Crippen LogP contribution in [0.15, 0.2) is 22.7 Å². The van der Waals surface area contributed by atoms with E-state index in [-0.39, 0.29) is 0 Å². The van der Waals surface area contributed by atoms with E-state index in [1.165, 1.54) is 0 Å². The molecule has 2 heterocycles. The Morgan fingerprint density at radius 1 is 1.32 bits per heavy atom. The van der Waals surface area contributed by atoms with Gasteiger partial charge < -0.3 is 10.5 Å². The number of hydrogen-bond donors (Lipinski definition) is 1. The SMILES string of the molecule is Nc1nc(-c2ccc(Cl)c(Br)c2)nc2c1COCC2. The van der Waals surface area contributed by atoms with Gasteiger partial charge in [-0.2, -0.15) is 0 Å². The molecule has 0 saturated heterocycles. The van der Waals surface area contributed by atoms with Crippen molar-refractivity contribution < 1.29 is 4.74 Å². The van der Waals surface area contributed by atoms with Gasteiger partial charge in [0.1, 0.15) is 5.82 Å². The van der Waals surface area contributed by atoms with Crippen LogP contribution in [0.3, 0.4) is 0 Å². The summed E-state index contributed by atoms with van der Waals surface area (Å²) in [7, 11) is 0. The maximum Gasteiger partial charge on any atom is 0.161 e. The summed E-state index contributed by atoms with van der Waals surface area (Å²) >= 11 is 9.38. The molecule has 3 rings (SSSR count). The van der Waals surface area contributed by atoms with E-state index in [9.17, 15) is 0 Å². The molecular formula is C13H11BrClN3O. The molecule has 0 saturated carbocycles. The molecule has 1 aromatic heterocycles. The van der Waals surface area contributed by atoms with Crippen molar-refractivity contribution in [2.45, 2.75) is 13.0 Å². The molecule has 2 N–H and O–H groups in total. The number of nitrogens with two attached hydrogens (primary N) is 1. The van der Waals surface area contributed by atoms with Crippen LogP contribution < -0.4 is 5.73 Å². The van der Waals surface area contributed by atoms with E-state index in [0.717, 1.165) is 27.7 Å². The zero-order valence-corrected chi connectivity index (χ0v) is 12.3. The van der Waals surface area contributed by atoms with Gasteiger partial charge in [0.15, 0.2) is 5.82 Å². The van der Waals surface area contributed by atoms with E-state index >= 15 is 0 Å². The van der Waals surface area contributed by atoms with Gasteiger partial charge in [0.2, 0.25) is 0 Å². The molecule has 1 aliphatic rings. The van der Waals surface area contributed by atoms with Crippen LogP contribution in [0.25, 0.3) is 11.4 Å². The Bertz CT molecular complexity index is 648. The predicted molar refractivity (Wildman–Crippen MR) is 78.0 cm³/mol. The molecule has 0 bridgehead atoms. The van der Waals surface area contributed by atoms with Crippen molar-refractivity contribution >= 4 is 33.3 Å². The number of anilines is 1. The molecule has 0 unspecified atom stereocenters. The van der Waals surface area contributed by atoms with Crippen LogP contribution in [0.1, 0.15) is 11.3 Å². The highest BCUT2D eigenvalue weighted by atomic mass is 79.9. The van der Waals surface area contributed by atoms with Gasteiger partial charge in [-0.1, -0.05) is 11.6 Å². The summed E-state index contributed by atoms with van der Waals surface area (Å²) in [5, 5.41) is 0.656. The lowest BCUT2D eigenvalue weighted by Gasteiger charge is -2.17. The highest BCUT2D eigenvalue weighted by Gasteiger charge is 2.17. The fraction of sp³-hybridized carbons (Fsp3) is 0.231. The first-order chi connectivity index (χ1) is 9.15. The van der Waals surface area contributed by atoms with E-state index in [2.05, 4.69) is 25.9 Å². The molecule has 0 aliphatic carbocycles. The molecule has 0 radical (unpaired) electrons. The molecule has 98 valence electrons. The van der Waals surface area contributed by atoms with Crippen molar-refractivity contribution in [3.8, 4) is 11.4 Å². The van der Waals surface area contributed by atoms with E-state index < -0.39 is 0 Å². The molecule has 0 amide bonds. The Labute approximate surface area is 124 Å². The van der Waals surface area contributed by atoms with Crippen LogP contribution in [-0.4, -0.2) is 16.6 Å². The third-order valence-corrected chi connectivity index (χ3v) is 4.25. The number of hydrogen-bond acceptors (Lipinski definition) is 4. The zero-order chi connectivity index (χ0) is 13.4. The number of nitrogen functional groups attached to an aromatic ring is 1. The van der Waals surface area contributed by atoms with Gasteiger partial charge in [-0.15, -0.1) is 0 Å². The van der Waals surface area contributed by atoms with Crippen molar-refractivity contribution in [2.24, 2.45) is 0 Å². The number of rotatable bonds is 1. The zero-order valence-electron chi connectivity index (χ0n) is 9.99. The third kappa shape index (κ3) is 2.45. The lowest BCUT2D eigenvalue weighted by Crippen LogP contribution is -2.16. The molecule has 0 fully saturated rings. The first kappa shape index (κ1) is 12.8. The van der Waals surface area contributed by atoms with Gasteiger partial charge in [-0.25, -0.2) is 9.97 Å². The average molecular weight is 341 g/mol. The van der Waals surface area contributed by atoms with Gasteiger partial charge in [0.25, 0.3) is 0 Å². The molecule has 4 nitrogen and oxygen atoms in total. The number of aromatic nitrogens is 2. The van der Waals surface area contributed by atoms with E-state index in [1.807, 2.05) is 18.2 Å². The second-order valence-electron chi connectivity index (χ2n) is 4.29. The maximum absolute atomic E-state index is 5.99. The van der Waals surface area contributed by atoms with Crippen LogP contribution in [0, 0.1) is 0 Å². The summed E-state index contributed by atoms with van der Waals surface area (Å²) in [4.78, 5) is 8.93. The van der Waals surface area contributed by atoms with Crippen molar-refractivity contribution in [3.05, 3.63) is 39.0 Å². The molecule has 1 aliphatic heterocycles. The minimum Gasteiger partial charge on any atom is -0.383 e. The van der Waals surface area contributed by atoms with Crippen molar-refractivity contribution in [1.29, 1.82) is 0 Å². The molecule has 0 spiro atoms. The Hall–Kier alpha value is -1.17. The predicted octanol–water partition coefficient (Wildman–Crippen LogP) is 3.21. The number of ether oxygens (including phenoxy) is 1.